The van der Waals surface area contributed by atoms with Crippen molar-refractivity contribution in [3.63, 3.8) is 0 Å². The standard InChI is InChI=1S/C15H26/c1-8-11(2)12-9-10-13(14(3,4)5)15(12,6)7/h9-11H,8H2,1-7H3. The third kappa shape index (κ3) is 2.19. The van der Waals surface area contributed by atoms with Crippen molar-refractivity contribution >= 4 is 0 Å². The summed E-state index contributed by atoms with van der Waals surface area (Å²) >= 11 is 0. The van der Waals surface area contributed by atoms with E-state index in [0.717, 1.165) is 0 Å². The van der Waals surface area contributed by atoms with Gasteiger partial charge in [0.25, 0.3) is 0 Å². The van der Waals surface area contributed by atoms with Crippen molar-refractivity contribution in [2.45, 2.75) is 54.9 Å². The SMILES string of the molecule is CCC(C)C1=CC=C(C(C)(C)C)C1(C)C. The number of hydrogen-bond donors (Lipinski definition) is 0. The van der Waals surface area contributed by atoms with Crippen molar-refractivity contribution in [3.05, 3.63) is 23.3 Å². The maximum atomic E-state index is 2.37. The summed E-state index contributed by atoms with van der Waals surface area (Å²) in [5, 5.41) is 0. The van der Waals surface area contributed by atoms with Crippen LogP contribution in [0, 0.1) is 16.7 Å². The van der Waals surface area contributed by atoms with Gasteiger partial charge in [-0.15, -0.1) is 0 Å². The van der Waals surface area contributed by atoms with Crippen molar-refractivity contribution in [3.8, 4) is 0 Å². The van der Waals surface area contributed by atoms with Gasteiger partial charge in [0.05, 0.1) is 0 Å². The van der Waals surface area contributed by atoms with Crippen molar-refractivity contribution < 1.29 is 0 Å². The van der Waals surface area contributed by atoms with Crippen molar-refractivity contribution in [1.82, 2.24) is 0 Å². The molecule has 86 valence electrons. The zero-order valence-electron chi connectivity index (χ0n) is 11.4. The Morgan fingerprint density at radius 3 is 2.07 bits per heavy atom. The Balaban J connectivity index is 2.99. The molecular formula is C15H26. The lowest BCUT2D eigenvalue weighted by Crippen LogP contribution is -2.26. The van der Waals surface area contributed by atoms with Crippen LogP contribution in [0.2, 0.25) is 0 Å². The van der Waals surface area contributed by atoms with Crippen LogP contribution in [-0.4, -0.2) is 0 Å². The van der Waals surface area contributed by atoms with Crippen LogP contribution in [-0.2, 0) is 0 Å². The molecule has 1 aliphatic carbocycles. The van der Waals surface area contributed by atoms with Crippen LogP contribution in [0.1, 0.15) is 54.9 Å². The molecule has 0 N–H and O–H groups in total. The van der Waals surface area contributed by atoms with Gasteiger partial charge in [-0.05, 0) is 17.8 Å². The second-order valence-corrected chi connectivity index (χ2v) is 6.39. The second kappa shape index (κ2) is 3.81. The summed E-state index contributed by atoms with van der Waals surface area (Å²) in [7, 11) is 0. The largest absolute Gasteiger partial charge is 0.0648 e. The summed E-state index contributed by atoms with van der Waals surface area (Å²) in [6.07, 6.45) is 5.94. The van der Waals surface area contributed by atoms with E-state index in [2.05, 4.69) is 60.6 Å². The first-order valence-electron chi connectivity index (χ1n) is 6.14. The fraction of sp³-hybridized carbons (Fsp3) is 0.733. The first-order valence-corrected chi connectivity index (χ1v) is 6.14. The van der Waals surface area contributed by atoms with Crippen LogP contribution in [0.4, 0.5) is 0 Å². The van der Waals surface area contributed by atoms with E-state index in [0.29, 0.717) is 5.92 Å². The van der Waals surface area contributed by atoms with E-state index >= 15 is 0 Å². The minimum atomic E-state index is 0.258. The van der Waals surface area contributed by atoms with Gasteiger partial charge >= 0.3 is 0 Å². The van der Waals surface area contributed by atoms with E-state index in [-0.39, 0.29) is 10.8 Å². The van der Waals surface area contributed by atoms with Gasteiger partial charge in [-0.1, -0.05) is 71.8 Å². The quantitative estimate of drug-likeness (QED) is 0.598. The van der Waals surface area contributed by atoms with Crippen LogP contribution in [0.3, 0.4) is 0 Å². The number of hydrogen-bond acceptors (Lipinski definition) is 0. The minimum Gasteiger partial charge on any atom is -0.0648 e. The average molecular weight is 206 g/mol. The Labute approximate surface area is 95.5 Å². The monoisotopic (exact) mass is 206 g/mol. The minimum absolute atomic E-state index is 0.258. The smallest absolute Gasteiger partial charge is 0.00781 e. The molecule has 0 fully saturated rings. The van der Waals surface area contributed by atoms with Crippen LogP contribution >= 0.6 is 0 Å². The molecule has 15 heavy (non-hydrogen) atoms. The Hall–Kier alpha value is -0.520. The molecule has 1 rings (SSSR count). The fourth-order valence-corrected chi connectivity index (χ4v) is 2.93. The van der Waals surface area contributed by atoms with Gasteiger partial charge in [0.1, 0.15) is 0 Å². The summed E-state index contributed by atoms with van der Waals surface area (Å²) < 4.78 is 0. The Kier molecular flexibility index (Phi) is 3.19. The summed E-state index contributed by atoms with van der Waals surface area (Å²) in [4.78, 5) is 0. The molecule has 1 atom stereocenters. The Bertz CT molecular complexity index is 294. The molecule has 0 aromatic rings. The van der Waals surface area contributed by atoms with Crippen LogP contribution in [0.5, 0.6) is 0 Å². The molecule has 0 saturated carbocycles. The lowest BCUT2D eigenvalue weighted by atomic mass is 9.67. The molecule has 0 nitrogen and oxygen atoms in total. The van der Waals surface area contributed by atoms with Gasteiger partial charge in [-0.25, -0.2) is 0 Å². The molecule has 0 saturated heterocycles. The number of allylic oxidation sites excluding steroid dienone is 4. The lowest BCUT2D eigenvalue weighted by Gasteiger charge is -2.37. The zero-order chi connectivity index (χ0) is 11.9. The maximum Gasteiger partial charge on any atom is 0.00781 e. The van der Waals surface area contributed by atoms with Crippen LogP contribution in [0.25, 0.3) is 0 Å². The molecule has 0 aromatic heterocycles. The molecule has 0 amide bonds. The summed E-state index contributed by atoms with van der Waals surface area (Å²) in [5.74, 6) is 0.705. The molecule has 0 bridgehead atoms. The Morgan fingerprint density at radius 2 is 1.73 bits per heavy atom. The van der Waals surface area contributed by atoms with Crippen LogP contribution < -0.4 is 0 Å². The van der Waals surface area contributed by atoms with Gasteiger partial charge in [0, 0.05) is 5.41 Å². The highest BCUT2D eigenvalue weighted by Gasteiger charge is 2.38. The molecule has 1 unspecified atom stereocenters. The van der Waals surface area contributed by atoms with E-state index in [1.807, 2.05) is 0 Å². The summed E-state index contributed by atoms with van der Waals surface area (Å²) in [6.45, 7) is 16.3. The lowest BCUT2D eigenvalue weighted by molar-refractivity contribution is 0.362. The Morgan fingerprint density at radius 1 is 1.20 bits per heavy atom. The summed E-state index contributed by atoms with van der Waals surface area (Å²) in [5.41, 5.74) is 3.73. The third-order valence-corrected chi connectivity index (χ3v) is 3.78. The second-order valence-electron chi connectivity index (χ2n) is 6.39. The topological polar surface area (TPSA) is 0 Å². The molecule has 0 aliphatic heterocycles. The highest BCUT2D eigenvalue weighted by molar-refractivity contribution is 5.42. The molecule has 0 heteroatoms. The van der Waals surface area contributed by atoms with Gasteiger partial charge < -0.3 is 0 Å². The fourth-order valence-electron chi connectivity index (χ4n) is 2.93. The van der Waals surface area contributed by atoms with Crippen LogP contribution in [0.15, 0.2) is 23.3 Å². The van der Waals surface area contributed by atoms with Gasteiger partial charge in [0.2, 0.25) is 0 Å². The van der Waals surface area contributed by atoms with Gasteiger partial charge in [-0.3, -0.25) is 0 Å². The van der Waals surface area contributed by atoms with Crippen molar-refractivity contribution in [2.24, 2.45) is 16.7 Å². The van der Waals surface area contributed by atoms with Crippen molar-refractivity contribution in [2.75, 3.05) is 0 Å². The van der Waals surface area contributed by atoms with Crippen molar-refractivity contribution in [1.29, 1.82) is 0 Å². The van der Waals surface area contributed by atoms with Gasteiger partial charge in [0.15, 0.2) is 0 Å². The van der Waals surface area contributed by atoms with E-state index in [9.17, 15) is 0 Å². The average Bonchev–Trinajstić information content (AvgIpc) is 2.38. The number of rotatable bonds is 2. The van der Waals surface area contributed by atoms with E-state index in [1.165, 1.54) is 6.42 Å². The predicted molar refractivity (Wildman–Crippen MR) is 68.9 cm³/mol. The normalized spacial score (nSPS) is 22.3. The van der Waals surface area contributed by atoms with E-state index < -0.39 is 0 Å². The third-order valence-electron chi connectivity index (χ3n) is 3.78. The van der Waals surface area contributed by atoms with E-state index in [1.54, 1.807) is 11.1 Å². The zero-order valence-corrected chi connectivity index (χ0v) is 11.4. The molecule has 1 aliphatic rings. The first-order chi connectivity index (χ1) is 6.71. The summed E-state index contributed by atoms with van der Waals surface area (Å²) in [6, 6.07) is 0. The first kappa shape index (κ1) is 12.5. The van der Waals surface area contributed by atoms with Gasteiger partial charge in [-0.2, -0.15) is 0 Å². The molecule has 0 heterocycles. The maximum absolute atomic E-state index is 2.37. The molecule has 0 aromatic carbocycles. The molecule has 0 spiro atoms. The predicted octanol–water partition coefficient (Wildman–Crippen LogP) is 4.97. The molecular weight excluding hydrogens is 180 g/mol. The molecule has 0 radical (unpaired) electrons. The highest BCUT2D eigenvalue weighted by atomic mass is 14.4. The van der Waals surface area contributed by atoms with E-state index in [4.69, 9.17) is 0 Å². The highest BCUT2D eigenvalue weighted by Crippen LogP contribution is 2.50.